The molecule has 0 aromatic carbocycles. The molecule has 19 heavy (non-hydrogen) atoms. The average Bonchev–Trinajstić information content (AvgIpc) is 2.78. The van der Waals surface area contributed by atoms with Crippen LogP contribution in [0.3, 0.4) is 0 Å². The second-order valence-corrected chi connectivity index (χ2v) is 5.97. The Morgan fingerprint density at radius 3 is 2.74 bits per heavy atom. The molecule has 0 N–H and O–H groups in total. The number of carbonyl (C=O) groups excluding carboxylic acids is 1. The van der Waals surface area contributed by atoms with Gasteiger partial charge in [0, 0.05) is 12.5 Å². The molecule has 0 radical (unpaired) electrons. The number of ketones is 1. The SMILES string of the molecule is CN(C)CCn1ncc(Cl)c1C(=O)C1CCCCC1. The van der Waals surface area contributed by atoms with Crippen LogP contribution in [0.1, 0.15) is 42.6 Å². The van der Waals surface area contributed by atoms with Crippen LogP contribution in [-0.2, 0) is 6.54 Å². The summed E-state index contributed by atoms with van der Waals surface area (Å²) >= 11 is 6.16. The number of halogens is 1. The van der Waals surface area contributed by atoms with Gasteiger partial charge in [0.15, 0.2) is 5.78 Å². The lowest BCUT2D eigenvalue weighted by Gasteiger charge is -2.21. The minimum Gasteiger partial charge on any atom is -0.308 e. The molecule has 0 bridgehead atoms. The zero-order valence-corrected chi connectivity index (χ0v) is 12.5. The van der Waals surface area contributed by atoms with E-state index in [1.54, 1.807) is 10.9 Å². The molecule has 0 unspecified atom stereocenters. The molecule has 1 fully saturated rings. The van der Waals surface area contributed by atoms with Crippen molar-refractivity contribution in [2.45, 2.75) is 38.6 Å². The van der Waals surface area contributed by atoms with Crippen LogP contribution >= 0.6 is 11.6 Å². The molecule has 0 aliphatic heterocycles. The van der Waals surface area contributed by atoms with Crippen molar-refractivity contribution >= 4 is 17.4 Å². The van der Waals surface area contributed by atoms with E-state index in [0.29, 0.717) is 17.3 Å². The lowest BCUT2D eigenvalue weighted by atomic mass is 9.85. The molecule has 0 saturated heterocycles. The fourth-order valence-corrected chi connectivity index (χ4v) is 2.86. The molecular weight excluding hydrogens is 262 g/mol. The third kappa shape index (κ3) is 3.57. The van der Waals surface area contributed by atoms with E-state index in [9.17, 15) is 4.79 Å². The Kier molecular flexibility index (Phi) is 4.99. The van der Waals surface area contributed by atoms with E-state index in [1.165, 1.54) is 6.42 Å². The number of nitrogens with zero attached hydrogens (tertiary/aromatic N) is 3. The van der Waals surface area contributed by atoms with Crippen molar-refractivity contribution in [3.8, 4) is 0 Å². The highest BCUT2D eigenvalue weighted by atomic mass is 35.5. The van der Waals surface area contributed by atoms with E-state index in [1.807, 2.05) is 14.1 Å². The predicted octanol–water partition coefficient (Wildman–Crippen LogP) is 2.86. The minimum atomic E-state index is 0.140. The molecule has 1 saturated carbocycles. The molecule has 5 heteroatoms. The van der Waals surface area contributed by atoms with Crippen LogP contribution in [0, 0.1) is 5.92 Å². The van der Waals surface area contributed by atoms with Gasteiger partial charge in [-0.05, 0) is 26.9 Å². The average molecular weight is 284 g/mol. The zero-order valence-electron chi connectivity index (χ0n) is 11.7. The third-order valence-electron chi connectivity index (χ3n) is 3.76. The monoisotopic (exact) mass is 283 g/mol. The van der Waals surface area contributed by atoms with Gasteiger partial charge in [-0.25, -0.2) is 0 Å². The van der Waals surface area contributed by atoms with Gasteiger partial charge in [-0.15, -0.1) is 0 Å². The third-order valence-corrected chi connectivity index (χ3v) is 4.04. The summed E-state index contributed by atoms with van der Waals surface area (Å²) in [5.74, 6) is 0.321. The van der Waals surface area contributed by atoms with Crippen molar-refractivity contribution in [1.29, 1.82) is 0 Å². The number of hydrogen-bond acceptors (Lipinski definition) is 3. The van der Waals surface area contributed by atoms with Crippen LogP contribution in [-0.4, -0.2) is 41.1 Å². The first kappa shape index (κ1) is 14.5. The summed E-state index contributed by atoms with van der Waals surface area (Å²) in [6.45, 7) is 1.55. The van der Waals surface area contributed by atoms with Crippen LogP contribution in [0.5, 0.6) is 0 Å². The standard InChI is InChI=1S/C14H22ClN3O/c1-17(2)8-9-18-13(12(15)10-16-18)14(19)11-6-4-3-5-7-11/h10-11H,3-9H2,1-2H3. The highest BCUT2D eigenvalue weighted by Gasteiger charge is 2.27. The first-order chi connectivity index (χ1) is 9.09. The fraction of sp³-hybridized carbons (Fsp3) is 0.714. The molecule has 1 aromatic heterocycles. The molecule has 1 aromatic rings. The van der Waals surface area contributed by atoms with E-state index in [0.717, 1.165) is 32.2 Å². The number of Topliss-reactive ketones (excluding diaryl/α,β-unsaturated/α-hetero) is 1. The lowest BCUT2D eigenvalue weighted by molar-refractivity contribution is 0.0877. The van der Waals surface area contributed by atoms with Gasteiger partial charge in [0.25, 0.3) is 0 Å². The second-order valence-electron chi connectivity index (χ2n) is 5.57. The van der Waals surface area contributed by atoms with Crippen molar-refractivity contribution in [1.82, 2.24) is 14.7 Å². The van der Waals surface area contributed by atoms with Crippen LogP contribution < -0.4 is 0 Å². The number of rotatable bonds is 5. The van der Waals surface area contributed by atoms with Gasteiger partial charge < -0.3 is 4.90 Å². The Bertz CT molecular complexity index is 436. The topological polar surface area (TPSA) is 38.1 Å². The Labute approximate surface area is 119 Å². The summed E-state index contributed by atoms with van der Waals surface area (Å²) in [4.78, 5) is 14.7. The second kappa shape index (κ2) is 6.53. The minimum absolute atomic E-state index is 0.140. The summed E-state index contributed by atoms with van der Waals surface area (Å²) in [7, 11) is 4.02. The van der Waals surface area contributed by atoms with Crippen molar-refractivity contribution in [2.24, 2.45) is 5.92 Å². The maximum absolute atomic E-state index is 12.6. The van der Waals surface area contributed by atoms with Gasteiger partial charge in [-0.1, -0.05) is 30.9 Å². The van der Waals surface area contributed by atoms with Crippen LogP contribution in [0.2, 0.25) is 5.02 Å². The van der Waals surface area contributed by atoms with Crippen molar-refractivity contribution in [2.75, 3.05) is 20.6 Å². The summed E-state index contributed by atoms with van der Waals surface area (Å²) in [6.07, 6.45) is 7.13. The molecule has 0 atom stereocenters. The van der Waals surface area contributed by atoms with Crippen molar-refractivity contribution in [3.63, 3.8) is 0 Å². The van der Waals surface area contributed by atoms with Gasteiger partial charge in [0.2, 0.25) is 0 Å². The van der Waals surface area contributed by atoms with Crippen molar-refractivity contribution in [3.05, 3.63) is 16.9 Å². The molecular formula is C14H22ClN3O. The Hall–Kier alpha value is -0.870. The number of likely N-dealkylation sites (N-methyl/N-ethyl adjacent to an activating group) is 1. The normalized spacial score (nSPS) is 17.1. The molecule has 2 rings (SSSR count). The maximum Gasteiger partial charge on any atom is 0.185 e. The summed E-state index contributed by atoms with van der Waals surface area (Å²) in [5.41, 5.74) is 0.607. The molecule has 1 heterocycles. The lowest BCUT2D eigenvalue weighted by Crippen LogP contribution is -2.25. The molecule has 0 spiro atoms. The first-order valence-corrected chi connectivity index (χ1v) is 7.37. The molecule has 4 nitrogen and oxygen atoms in total. The van der Waals surface area contributed by atoms with E-state index in [2.05, 4.69) is 10.00 Å². The van der Waals surface area contributed by atoms with E-state index >= 15 is 0 Å². The quantitative estimate of drug-likeness (QED) is 0.780. The van der Waals surface area contributed by atoms with E-state index < -0.39 is 0 Å². The van der Waals surface area contributed by atoms with Crippen LogP contribution in [0.15, 0.2) is 6.20 Å². The number of hydrogen-bond donors (Lipinski definition) is 0. The summed E-state index contributed by atoms with van der Waals surface area (Å²) in [5, 5.41) is 4.74. The Morgan fingerprint density at radius 1 is 1.42 bits per heavy atom. The predicted molar refractivity (Wildman–Crippen MR) is 76.7 cm³/mol. The highest BCUT2D eigenvalue weighted by Crippen LogP contribution is 2.29. The van der Waals surface area contributed by atoms with Gasteiger partial charge >= 0.3 is 0 Å². The Morgan fingerprint density at radius 2 is 2.11 bits per heavy atom. The van der Waals surface area contributed by atoms with Crippen LogP contribution in [0.25, 0.3) is 0 Å². The molecule has 0 amide bonds. The summed E-state index contributed by atoms with van der Waals surface area (Å²) in [6, 6.07) is 0. The van der Waals surface area contributed by atoms with E-state index in [4.69, 9.17) is 11.6 Å². The molecule has 106 valence electrons. The van der Waals surface area contributed by atoms with Gasteiger partial charge in [-0.3, -0.25) is 9.48 Å². The van der Waals surface area contributed by atoms with Gasteiger partial charge in [-0.2, -0.15) is 5.10 Å². The van der Waals surface area contributed by atoms with E-state index in [-0.39, 0.29) is 11.7 Å². The molecule has 1 aliphatic rings. The van der Waals surface area contributed by atoms with Gasteiger partial charge in [0.1, 0.15) is 5.69 Å². The van der Waals surface area contributed by atoms with Gasteiger partial charge in [0.05, 0.1) is 17.8 Å². The summed E-state index contributed by atoms with van der Waals surface area (Å²) < 4.78 is 1.76. The maximum atomic E-state index is 12.6. The number of carbonyl (C=O) groups is 1. The smallest absolute Gasteiger partial charge is 0.185 e. The Balaban J connectivity index is 2.13. The molecule has 1 aliphatic carbocycles. The first-order valence-electron chi connectivity index (χ1n) is 7.00. The van der Waals surface area contributed by atoms with Crippen molar-refractivity contribution < 1.29 is 4.79 Å². The largest absolute Gasteiger partial charge is 0.308 e. The van der Waals surface area contributed by atoms with Crippen LogP contribution in [0.4, 0.5) is 0 Å². The number of aromatic nitrogens is 2. The fourth-order valence-electron chi connectivity index (χ4n) is 2.63. The zero-order chi connectivity index (χ0) is 13.8. The highest BCUT2D eigenvalue weighted by molar-refractivity contribution is 6.33.